The lowest BCUT2D eigenvalue weighted by Gasteiger charge is -2.18. The Morgan fingerprint density at radius 3 is 1.87 bits per heavy atom. The molecule has 0 spiro atoms. The van der Waals surface area contributed by atoms with Crippen LogP contribution < -0.4 is 0 Å². The van der Waals surface area contributed by atoms with Crippen molar-refractivity contribution < 1.29 is 0 Å². The molecular formula is C43H25NS2. The van der Waals surface area contributed by atoms with Crippen LogP contribution in [0.5, 0.6) is 0 Å². The molecule has 0 unspecified atom stereocenters. The van der Waals surface area contributed by atoms with Crippen molar-refractivity contribution in [3.05, 3.63) is 157 Å². The van der Waals surface area contributed by atoms with Crippen LogP contribution in [0.15, 0.2) is 152 Å². The van der Waals surface area contributed by atoms with E-state index in [4.69, 9.17) is 0 Å². The molecule has 0 fully saturated rings. The van der Waals surface area contributed by atoms with Crippen LogP contribution in [0.4, 0.5) is 0 Å². The van der Waals surface area contributed by atoms with E-state index in [2.05, 4.69) is 146 Å². The molecule has 0 N–H and O–H groups in total. The minimum Gasteiger partial charge on any atom is -0.192 e. The van der Waals surface area contributed by atoms with Crippen LogP contribution in [-0.4, -0.2) is 0 Å². The smallest absolute Gasteiger partial charge is 0.0992 e. The van der Waals surface area contributed by atoms with Gasteiger partial charge in [-0.25, -0.2) is 0 Å². The van der Waals surface area contributed by atoms with E-state index in [-0.39, 0.29) is 0 Å². The lowest BCUT2D eigenvalue weighted by molar-refractivity contribution is 1.48. The quantitative estimate of drug-likeness (QED) is 0.192. The molecule has 3 heteroatoms. The van der Waals surface area contributed by atoms with E-state index in [1.54, 1.807) is 0 Å². The first-order valence-electron chi connectivity index (χ1n) is 15.3. The minimum absolute atomic E-state index is 0.649. The SMILES string of the molecule is N#Cc1cc(-c2ccccc2)cc(-c2c(-c3ccc4c(c3)sc3ccccc34)cccc2-c2cccc3sc4ccccc4c23)c1. The van der Waals surface area contributed by atoms with Gasteiger partial charge in [0.1, 0.15) is 0 Å². The van der Waals surface area contributed by atoms with Crippen molar-refractivity contribution in [1.29, 1.82) is 5.26 Å². The van der Waals surface area contributed by atoms with Crippen molar-refractivity contribution in [2.45, 2.75) is 0 Å². The first kappa shape index (κ1) is 26.8. The highest BCUT2D eigenvalue weighted by Gasteiger charge is 2.20. The Morgan fingerprint density at radius 2 is 1.02 bits per heavy atom. The zero-order valence-corrected chi connectivity index (χ0v) is 26.3. The van der Waals surface area contributed by atoms with Gasteiger partial charge in [0, 0.05) is 40.3 Å². The molecule has 0 bridgehead atoms. The van der Waals surface area contributed by atoms with Crippen LogP contribution in [0.1, 0.15) is 5.56 Å². The van der Waals surface area contributed by atoms with Crippen molar-refractivity contribution in [1.82, 2.24) is 0 Å². The predicted molar refractivity (Wildman–Crippen MR) is 199 cm³/mol. The molecule has 1 nitrogen and oxygen atoms in total. The van der Waals surface area contributed by atoms with E-state index in [1.165, 1.54) is 51.5 Å². The van der Waals surface area contributed by atoms with Crippen LogP contribution in [-0.2, 0) is 0 Å². The molecule has 2 heterocycles. The Bertz CT molecular complexity index is 2650. The summed E-state index contributed by atoms with van der Waals surface area (Å²) in [6.07, 6.45) is 0. The maximum atomic E-state index is 10.2. The molecule has 214 valence electrons. The van der Waals surface area contributed by atoms with E-state index < -0.39 is 0 Å². The van der Waals surface area contributed by atoms with Crippen molar-refractivity contribution in [3.63, 3.8) is 0 Å². The summed E-state index contributed by atoms with van der Waals surface area (Å²) in [4.78, 5) is 0. The van der Waals surface area contributed by atoms with Gasteiger partial charge >= 0.3 is 0 Å². The number of nitriles is 1. The molecule has 9 aromatic rings. The van der Waals surface area contributed by atoms with Gasteiger partial charge in [0.2, 0.25) is 0 Å². The topological polar surface area (TPSA) is 23.8 Å². The predicted octanol–water partition coefficient (Wildman–Crippen LogP) is 13.0. The molecule has 0 atom stereocenters. The van der Waals surface area contributed by atoms with Crippen LogP contribution in [0.3, 0.4) is 0 Å². The normalized spacial score (nSPS) is 11.5. The fourth-order valence-electron chi connectivity index (χ4n) is 6.85. The maximum absolute atomic E-state index is 10.2. The highest BCUT2D eigenvalue weighted by molar-refractivity contribution is 7.26. The average Bonchev–Trinajstić information content (AvgIpc) is 3.69. The number of hydrogen-bond acceptors (Lipinski definition) is 3. The van der Waals surface area contributed by atoms with Crippen molar-refractivity contribution >= 4 is 63.0 Å². The molecule has 9 rings (SSSR count). The summed E-state index contributed by atoms with van der Waals surface area (Å²) in [5.41, 5.74) is 9.65. The van der Waals surface area contributed by atoms with E-state index in [0.29, 0.717) is 5.56 Å². The number of benzene rings is 7. The fourth-order valence-corrected chi connectivity index (χ4v) is 9.13. The maximum Gasteiger partial charge on any atom is 0.0992 e. The summed E-state index contributed by atoms with van der Waals surface area (Å²) in [6, 6.07) is 56.7. The van der Waals surface area contributed by atoms with Gasteiger partial charge in [-0.15, -0.1) is 22.7 Å². The minimum atomic E-state index is 0.649. The van der Waals surface area contributed by atoms with Gasteiger partial charge in [0.15, 0.2) is 0 Å². The monoisotopic (exact) mass is 619 g/mol. The highest BCUT2D eigenvalue weighted by atomic mass is 32.1. The second-order valence-electron chi connectivity index (χ2n) is 11.6. The van der Waals surface area contributed by atoms with Gasteiger partial charge in [0.25, 0.3) is 0 Å². The first-order valence-corrected chi connectivity index (χ1v) is 16.9. The third kappa shape index (κ3) is 4.35. The van der Waals surface area contributed by atoms with Gasteiger partial charge in [0.05, 0.1) is 11.6 Å². The van der Waals surface area contributed by atoms with Crippen molar-refractivity contribution in [2.75, 3.05) is 0 Å². The van der Waals surface area contributed by atoms with Crippen molar-refractivity contribution in [2.24, 2.45) is 0 Å². The van der Waals surface area contributed by atoms with Gasteiger partial charge in [-0.3, -0.25) is 0 Å². The molecule has 0 aliphatic rings. The zero-order chi connectivity index (χ0) is 30.6. The third-order valence-corrected chi connectivity index (χ3v) is 11.2. The number of thiophene rings is 2. The van der Waals surface area contributed by atoms with Gasteiger partial charge in [-0.1, -0.05) is 109 Å². The Morgan fingerprint density at radius 1 is 0.391 bits per heavy atom. The summed E-state index contributed by atoms with van der Waals surface area (Å²) < 4.78 is 5.14. The standard InChI is InChI=1S/C43H25NS2/c44-26-27-22-30(28-10-2-1-3-11-28)24-31(23-27)42-32(29-20-21-34-33-12-4-6-17-38(33)46-41(34)25-29)14-8-15-35(42)36-16-9-19-40-43(36)37-13-5-7-18-39(37)45-40/h1-25H. The van der Waals surface area contributed by atoms with Crippen molar-refractivity contribution in [3.8, 4) is 50.6 Å². The largest absolute Gasteiger partial charge is 0.192 e. The average molecular weight is 620 g/mol. The summed E-state index contributed by atoms with van der Waals surface area (Å²) in [7, 11) is 0. The molecule has 0 radical (unpaired) electrons. The second kappa shape index (κ2) is 10.8. The molecule has 0 aliphatic carbocycles. The van der Waals surface area contributed by atoms with E-state index >= 15 is 0 Å². The van der Waals surface area contributed by atoms with E-state index in [0.717, 1.165) is 33.4 Å². The summed E-state index contributed by atoms with van der Waals surface area (Å²) >= 11 is 3.68. The Hall–Kier alpha value is -5.53. The summed E-state index contributed by atoms with van der Waals surface area (Å²) in [5.74, 6) is 0. The van der Waals surface area contributed by atoms with Crippen LogP contribution in [0.2, 0.25) is 0 Å². The Balaban J connectivity index is 1.37. The lowest BCUT2D eigenvalue weighted by Crippen LogP contribution is -1.93. The van der Waals surface area contributed by atoms with Gasteiger partial charge in [-0.2, -0.15) is 5.26 Å². The second-order valence-corrected chi connectivity index (χ2v) is 13.8. The molecular weight excluding hydrogens is 595 g/mol. The van der Waals surface area contributed by atoms with Gasteiger partial charge < -0.3 is 0 Å². The molecule has 7 aromatic carbocycles. The van der Waals surface area contributed by atoms with E-state index in [1.807, 2.05) is 34.8 Å². The molecule has 0 amide bonds. The summed E-state index contributed by atoms with van der Waals surface area (Å²) in [5, 5.41) is 15.4. The molecule has 0 saturated heterocycles. The molecule has 0 aliphatic heterocycles. The Kier molecular flexibility index (Phi) is 6.31. The van der Waals surface area contributed by atoms with Crippen LogP contribution >= 0.6 is 22.7 Å². The number of fused-ring (bicyclic) bond motifs is 6. The van der Waals surface area contributed by atoms with Crippen LogP contribution in [0, 0.1) is 11.3 Å². The highest BCUT2D eigenvalue weighted by Crippen LogP contribution is 2.47. The van der Waals surface area contributed by atoms with Gasteiger partial charge in [-0.05, 0) is 87.0 Å². The number of rotatable bonds is 4. The first-order chi connectivity index (χ1) is 22.7. The zero-order valence-electron chi connectivity index (χ0n) is 24.7. The Labute approximate surface area is 274 Å². The molecule has 46 heavy (non-hydrogen) atoms. The lowest BCUT2D eigenvalue weighted by atomic mass is 9.85. The third-order valence-electron chi connectivity index (χ3n) is 8.90. The number of hydrogen-bond donors (Lipinski definition) is 0. The van der Waals surface area contributed by atoms with E-state index in [9.17, 15) is 5.26 Å². The fraction of sp³-hybridized carbons (Fsp3) is 0. The molecule has 0 saturated carbocycles. The number of nitrogens with zero attached hydrogens (tertiary/aromatic N) is 1. The molecule has 2 aromatic heterocycles. The van der Waals surface area contributed by atoms with Crippen LogP contribution in [0.25, 0.3) is 84.9 Å². The summed E-state index contributed by atoms with van der Waals surface area (Å²) in [6.45, 7) is 0.